The van der Waals surface area contributed by atoms with Crippen molar-refractivity contribution in [2.75, 3.05) is 25.6 Å². The van der Waals surface area contributed by atoms with Crippen molar-refractivity contribution >= 4 is 16.6 Å². The molecule has 0 saturated heterocycles. The Morgan fingerprint density at radius 1 is 1.22 bits per heavy atom. The van der Waals surface area contributed by atoms with Gasteiger partial charge in [-0.05, 0) is 12.1 Å². The first-order valence-electron chi connectivity index (χ1n) is 5.64. The quantitative estimate of drug-likeness (QED) is 0.826. The highest BCUT2D eigenvalue weighted by Gasteiger charge is 2.15. The Balaban J connectivity index is 2.30. The zero-order valence-electron chi connectivity index (χ0n) is 9.86. The van der Waals surface area contributed by atoms with Crippen molar-refractivity contribution in [1.29, 1.82) is 5.26 Å². The van der Waals surface area contributed by atoms with E-state index in [-0.39, 0.29) is 0 Å². The Bertz CT molecular complexity index is 661. The summed E-state index contributed by atoms with van der Waals surface area (Å²) in [7, 11) is 1.81. The summed E-state index contributed by atoms with van der Waals surface area (Å²) in [5.74, 6) is 1.40. The van der Waals surface area contributed by atoms with Gasteiger partial charge in [-0.2, -0.15) is 5.26 Å². The second-order valence-corrected chi connectivity index (χ2v) is 3.93. The average Bonchev–Trinajstić information content (AvgIpc) is 2.43. The van der Waals surface area contributed by atoms with Gasteiger partial charge in [0, 0.05) is 24.2 Å². The molecular formula is C13H11N3O2. The molecule has 0 fully saturated rings. The maximum absolute atomic E-state index is 8.96. The highest BCUT2D eigenvalue weighted by Crippen LogP contribution is 2.36. The van der Waals surface area contributed by atoms with Crippen LogP contribution in [0.5, 0.6) is 11.5 Å². The molecule has 1 N–H and O–H groups in total. The van der Waals surface area contributed by atoms with E-state index in [1.807, 2.05) is 19.2 Å². The first-order valence-corrected chi connectivity index (χ1v) is 5.64. The number of hydrogen-bond donors (Lipinski definition) is 1. The van der Waals surface area contributed by atoms with Crippen LogP contribution in [0.4, 0.5) is 5.69 Å². The third-order valence-electron chi connectivity index (χ3n) is 2.86. The lowest BCUT2D eigenvalue weighted by Gasteiger charge is -2.19. The maximum Gasteiger partial charge on any atom is 0.163 e. The summed E-state index contributed by atoms with van der Waals surface area (Å²) < 4.78 is 11.1. The molecule has 2 heterocycles. The molecule has 2 aromatic rings. The van der Waals surface area contributed by atoms with E-state index in [9.17, 15) is 0 Å². The van der Waals surface area contributed by atoms with Gasteiger partial charge in [0.15, 0.2) is 11.5 Å². The van der Waals surface area contributed by atoms with Crippen LogP contribution in [-0.4, -0.2) is 25.2 Å². The van der Waals surface area contributed by atoms with Gasteiger partial charge in [-0.3, -0.25) is 0 Å². The van der Waals surface area contributed by atoms with Gasteiger partial charge < -0.3 is 14.8 Å². The number of nitriles is 1. The number of aromatic nitrogens is 1. The van der Waals surface area contributed by atoms with Gasteiger partial charge in [-0.1, -0.05) is 0 Å². The monoisotopic (exact) mass is 241 g/mol. The zero-order chi connectivity index (χ0) is 12.5. The SMILES string of the molecule is CNc1cc(C#N)nc2cc3c(cc12)OCCO3. The van der Waals surface area contributed by atoms with Crippen LogP contribution in [0.15, 0.2) is 18.2 Å². The summed E-state index contributed by atoms with van der Waals surface area (Å²) in [6, 6.07) is 7.48. The molecule has 1 aliphatic heterocycles. The molecule has 18 heavy (non-hydrogen) atoms. The summed E-state index contributed by atoms with van der Waals surface area (Å²) in [4.78, 5) is 4.27. The van der Waals surface area contributed by atoms with Crippen LogP contribution in [0.1, 0.15) is 5.69 Å². The first-order chi connectivity index (χ1) is 8.81. The number of benzene rings is 1. The minimum atomic E-state index is 0.378. The number of hydrogen-bond acceptors (Lipinski definition) is 5. The molecule has 5 nitrogen and oxygen atoms in total. The third kappa shape index (κ3) is 1.59. The molecule has 0 aliphatic carbocycles. The Hall–Kier alpha value is -2.48. The molecule has 90 valence electrons. The summed E-state index contributed by atoms with van der Waals surface area (Å²) in [5.41, 5.74) is 1.96. The van der Waals surface area contributed by atoms with Crippen molar-refractivity contribution in [1.82, 2.24) is 4.98 Å². The fraction of sp³-hybridized carbons (Fsp3) is 0.231. The molecule has 5 heteroatoms. The van der Waals surface area contributed by atoms with Crippen LogP contribution in [0, 0.1) is 11.3 Å². The minimum absolute atomic E-state index is 0.378. The molecule has 0 unspecified atom stereocenters. The second kappa shape index (κ2) is 4.08. The average molecular weight is 241 g/mol. The van der Waals surface area contributed by atoms with E-state index in [4.69, 9.17) is 14.7 Å². The molecule has 0 radical (unpaired) electrons. The number of pyridine rings is 1. The number of nitrogens with zero attached hydrogens (tertiary/aromatic N) is 2. The lowest BCUT2D eigenvalue weighted by atomic mass is 10.1. The van der Waals surface area contributed by atoms with Crippen molar-refractivity contribution in [3.05, 3.63) is 23.9 Å². The van der Waals surface area contributed by atoms with E-state index >= 15 is 0 Å². The van der Waals surface area contributed by atoms with Crippen LogP contribution < -0.4 is 14.8 Å². The summed E-state index contributed by atoms with van der Waals surface area (Å²) >= 11 is 0. The smallest absolute Gasteiger partial charge is 0.163 e. The molecule has 0 saturated carbocycles. The number of fused-ring (bicyclic) bond motifs is 2. The van der Waals surface area contributed by atoms with Crippen molar-refractivity contribution in [2.24, 2.45) is 0 Å². The van der Waals surface area contributed by atoms with Crippen LogP contribution in [0.3, 0.4) is 0 Å². The Kier molecular flexibility index (Phi) is 2.41. The van der Waals surface area contributed by atoms with Crippen molar-refractivity contribution in [3.63, 3.8) is 0 Å². The summed E-state index contributed by atoms with van der Waals surface area (Å²) in [6.07, 6.45) is 0. The van der Waals surface area contributed by atoms with E-state index in [0.29, 0.717) is 24.7 Å². The Labute approximate surface area is 104 Å². The maximum atomic E-state index is 8.96. The van der Waals surface area contributed by atoms with Crippen LogP contribution in [0.25, 0.3) is 10.9 Å². The fourth-order valence-electron chi connectivity index (χ4n) is 2.03. The van der Waals surface area contributed by atoms with Gasteiger partial charge >= 0.3 is 0 Å². The van der Waals surface area contributed by atoms with Crippen molar-refractivity contribution < 1.29 is 9.47 Å². The van der Waals surface area contributed by atoms with E-state index in [2.05, 4.69) is 16.4 Å². The Morgan fingerprint density at radius 2 is 1.94 bits per heavy atom. The van der Waals surface area contributed by atoms with E-state index < -0.39 is 0 Å². The molecular weight excluding hydrogens is 230 g/mol. The van der Waals surface area contributed by atoms with Gasteiger partial charge in [-0.15, -0.1) is 0 Å². The lowest BCUT2D eigenvalue weighted by Crippen LogP contribution is -2.15. The highest BCUT2D eigenvalue weighted by molar-refractivity contribution is 5.94. The van der Waals surface area contributed by atoms with E-state index in [0.717, 1.165) is 22.3 Å². The first kappa shape index (κ1) is 10.7. The number of nitrogens with one attached hydrogen (secondary N) is 1. The molecule has 1 aliphatic rings. The van der Waals surface area contributed by atoms with Crippen LogP contribution in [0.2, 0.25) is 0 Å². The normalized spacial score (nSPS) is 13.1. The zero-order valence-corrected chi connectivity index (χ0v) is 9.86. The third-order valence-corrected chi connectivity index (χ3v) is 2.86. The highest BCUT2D eigenvalue weighted by atomic mass is 16.6. The van der Waals surface area contributed by atoms with Gasteiger partial charge in [0.1, 0.15) is 25.0 Å². The van der Waals surface area contributed by atoms with E-state index in [1.54, 1.807) is 6.07 Å². The summed E-state index contributed by atoms with van der Waals surface area (Å²) in [5, 5.41) is 12.9. The molecule has 0 spiro atoms. The van der Waals surface area contributed by atoms with Gasteiger partial charge in [0.05, 0.1) is 5.52 Å². The van der Waals surface area contributed by atoms with Gasteiger partial charge in [0.2, 0.25) is 0 Å². The molecule has 1 aromatic carbocycles. The van der Waals surface area contributed by atoms with Gasteiger partial charge in [0.25, 0.3) is 0 Å². The van der Waals surface area contributed by atoms with Crippen molar-refractivity contribution in [2.45, 2.75) is 0 Å². The number of anilines is 1. The second-order valence-electron chi connectivity index (χ2n) is 3.93. The summed E-state index contributed by atoms with van der Waals surface area (Å²) in [6.45, 7) is 1.09. The largest absolute Gasteiger partial charge is 0.486 e. The number of ether oxygens (including phenoxy) is 2. The fourth-order valence-corrected chi connectivity index (χ4v) is 2.03. The van der Waals surface area contributed by atoms with Crippen LogP contribution in [-0.2, 0) is 0 Å². The molecule has 0 bridgehead atoms. The standard InChI is InChI=1S/C13H11N3O2/c1-15-10-4-8(7-14)16-11-6-13-12(5-9(10)11)17-2-3-18-13/h4-6H,2-3H2,1H3,(H,15,16). The Morgan fingerprint density at radius 3 is 2.61 bits per heavy atom. The lowest BCUT2D eigenvalue weighted by molar-refractivity contribution is 0.172. The topological polar surface area (TPSA) is 67.2 Å². The van der Waals surface area contributed by atoms with Crippen molar-refractivity contribution in [3.8, 4) is 17.6 Å². The minimum Gasteiger partial charge on any atom is -0.486 e. The molecule has 0 atom stereocenters. The molecule has 0 amide bonds. The predicted octanol–water partition coefficient (Wildman–Crippen LogP) is 1.92. The van der Waals surface area contributed by atoms with Crippen LogP contribution >= 0.6 is 0 Å². The molecule has 1 aromatic heterocycles. The van der Waals surface area contributed by atoms with Gasteiger partial charge in [-0.25, -0.2) is 4.98 Å². The predicted molar refractivity (Wildman–Crippen MR) is 67.0 cm³/mol. The molecule has 3 rings (SSSR count). The van der Waals surface area contributed by atoms with E-state index in [1.165, 1.54) is 0 Å². The number of rotatable bonds is 1.